The first-order valence-electron chi connectivity index (χ1n) is 5.74. The number of carbonyl (C=O) groups excluding carboxylic acids is 2. The number of Topliss-reactive ketones (excluding diaryl/α,β-unsaturated/α-hetero) is 1. The van der Waals surface area contributed by atoms with Crippen LogP contribution in [0.4, 0.5) is 0 Å². The second kappa shape index (κ2) is 4.57. The number of ether oxygens (including phenoxy) is 1. The molecule has 0 aliphatic carbocycles. The van der Waals surface area contributed by atoms with Crippen molar-refractivity contribution in [3.8, 4) is 0 Å². The van der Waals surface area contributed by atoms with Crippen LogP contribution in [0.1, 0.15) is 19.8 Å². The molecule has 4 nitrogen and oxygen atoms in total. The summed E-state index contributed by atoms with van der Waals surface area (Å²) in [6.07, 6.45) is 4.68. The van der Waals surface area contributed by atoms with Crippen molar-refractivity contribution in [3.05, 3.63) is 35.8 Å². The minimum Gasteiger partial charge on any atom is -0.490 e. The van der Waals surface area contributed by atoms with E-state index in [0.29, 0.717) is 30.8 Å². The number of fused-ring (bicyclic) bond motifs is 1. The van der Waals surface area contributed by atoms with Crippen molar-refractivity contribution in [2.75, 3.05) is 13.2 Å². The van der Waals surface area contributed by atoms with Gasteiger partial charge >= 0.3 is 0 Å². The van der Waals surface area contributed by atoms with Crippen molar-refractivity contribution < 1.29 is 14.3 Å². The molecule has 2 heterocycles. The molecule has 0 spiro atoms. The van der Waals surface area contributed by atoms with E-state index in [1.165, 1.54) is 6.08 Å². The molecule has 0 saturated heterocycles. The summed E-state index contributed by atoms with van der Waals surface area (Å²) in [4.78, 5) is 25.2. The summed E-state index contributed by atoms with van der Waals surface area (Å²) >= 11 is 0. The van der Waals surface area contributed by atoms with Crippen molar-refractivity contribution in [2.24, 2.45) is 0 Å². The molecule has 2 rings (SSSR count). The molecule has 0 aromatic rings. The number of amides is 1. The molecule has 4 heteroatoms. The molecule has 17 heavy (non-hydrogen) atoms. The Morgan fingerprint density at radius 2 is 2.29 bits per heavy atom. The standard InChI is InChI=1S/C13H15NO3/c1-3-17-9(2)13(16)10-5-4-8-14-11(10)6-7-12(14)15/h6-7H,2-5,8H2,1H3. The first-order chi connectivity index (χ1) is 8.15. The molecule has 0 aromatic carbocycles. The van der Waals surface area contributed by atoms with Gasteiger partial charge in [-0.05, 0) is 25.8 Å². The summed E-state index contributed by atoms with van der Waals surface area (Å²) in [5, 5.41) is 0. The van der Waals surface area contributed by atoms with E-state index in [9.17, 15) is 9.59 Å². The lowest BCUT2D eigenvalue weighted by Crippen LogP contribution is -2.31. The second-order valence-corrected chi connectivity index (χ2v) is 3.98. The zero-order valence-corrected chi connectivity index (χ0v) is 9.86. The Hall–Kier alpha value is -1.84. The lowest BCUT2D eigenvalue weighted by molar-refractivity contribution is -0.123. The summed E-state index contributed by atoms with van der Waals surface area (Å²) in [5.74, 6) is -0.0810. The van der Waals surface area contributed by atoms with Crippen LogP contribution in [0.5, 0.6) is 0 Å². The van der Waals surface area contributed by atoms with Crippen LogP contribution < -0.4 is 0 Å². The fourth-order valence-electron chi connectivity index (χ4n) is 2.12. The van der Waals surface area contributed by atoms with Gasteiger partial charge in [0.2, 0.25) is 5.78 Å². The quantitative estimate of drug-likeness (QED) is 0.546. The fourth-order valence-corrected chi connectivity index (χ4v) is 2.12. The van der Waals surface area contributed by atoms with Gasteiger partial charge in [0.1, 0.15) is 0 Å². The summed E-state index contributed by atoms with van der Waals surface area (Å²) in [6.45, 7) is 6.53. The minimum atomic E-state index is -0.189. The highest BCUT2D eigenvalue weighted by atomic mass is 16.5. The molecular weight excluding hydrogens is 218 g/mol. The number of allylic oxidation sites excluding steroid dienone is 2. The Balaban J connectivity index is 2.28. The van der Waals surface area contributed by atoms with E-state index >= 15 is 0 Å². The molecule has 0 aromatic heterocycles. The van der Waals surface area contributed by atoms with Crippen LogP contribution in [0.2, 0.25) is 0 Å². The largest absolute Gasteiger partial charge is 0.490 e. The molecule has 90 valence electrons. The van der Waals surface area contributed by atoms with E-state index in [1.54, 1.807) is 11.0 Å². The van der Waals surface area contributed by atoms with Gasteiger partial charge in [-0.25, -0.2) is 0 Å². The van der Waals surface area contributed by atoms with E-state index in [-0.39, 0.29) is 17.4 Å². The first kappa shape index (κ1) is 11.6. The Labute approximate surface area is 100 Å². The van der Waals surface area contributed by atoms with E-state index < -0.39 is 0 Å². The van der Waals surface area contributed by atoms with E-state index in [1.807, 2.05) is 6.92 Å². The third-order valence-corrected chi connectivity index (χ3v) is 2.90. The maximum absolute atomic E-state index is 12.1. The Morgan fingerprint density at radius 3 is 3.00 bits per heavy atom. The van der Waals surface area contributed by atoms with Gasteiger partial charge in [-0.3, -0.25) is 9.59 Å². The average molecular weight is 233 g/mol. The van der Waals surface area contributed by atoms with Gasteiger partial charge in [0.05, 0.1) is 12.3 Å². The molecular formula is C13H15NO3. The highest BCUT2D eigenvalue weighted by Gasteiger charge is 2.30. The molecule has 0 saturated carbocycles. The lowest BCUT2D eigenvalue weighted by atomic mass is 9.98. The molecule has 0 N–H and O–H groups in total. The number of nitrogens with zero attached hydrogens (tertiary/aromatic N) is 1. The van der Waals surface area contributed by atoms with Crippen LogP contribution in [-0.4, -0.2) is 29.7 Å². The number of hydrogen-bond acceptors (Lipinski definition) is 3. The summed E-state index contributed by atoms with van der Waals surface area (Å²) in [5.41, 5.74) is 1.35. The highest BCUT2D eigenvalue weighted by molar-refractivity contribution is 6.08. The Morgan fingerprint density at radius 1 is 1.53 bits per heavy atom. The molecule has 2 aliphatic rings. The Kier molecular flexibility index (Phi) is 3.13. The molecule has 0 atom stereocenters. The molecule has 0 bridgehead atoms. The normalized spacial score (nSPS) is 18.4. The van der Waals surface area contributed by atoms with E-state index in [2.05, 4.69) is 6.58 Å². The maximum Gasteiger partial charge on any atom is 0.251 e. The zero-order valence-electron chi connectivity index (χ0n) is 9.86. The molecule has 0 unspecified atom stereocenters. The van der Waals surface area contributed by atoms with E-state index in [4.69, 9.17) is 4.74 Å². The van der Waals surface area contributed by atoms with Gasteiger partial charge in [-0.15, -0.1) is 0 Å². The van der Waals surface area contributed by atoms with Crippen molar-refractivity contribution in [3.63, 3.8) is 0 Å². The van der Waals surface area contributed by atoms with Gasteiger partial charge in [-0.1, -0.05) is 6.58 Å². The van der Waals surface area contributed by atoms with Crippen LogP contribution >= 0.6 is 0 Å². The van der Waals surface area contributed by atoms with Gasteiger partial charge < -0.3 is 9.64 Å². The van der Waals surface area contributed by atoms with Crippen LogP contribution in [0.25, 0.3) is 0 Å². The second-order valence-electron chi connectivity index (χ2n) is 3.98. The predicted molar refractivity (Wildman–Crippen MR) is 62.9 cm³/mol. The summed E-state index contributed by atoms with van der Waals surface area (Å²) in [6, 6.07) is 0. The van der Waals surface area contributed by atoms with Crippen LogP contribution in [-0.2, 0) is 14.3 Å². The highest BCUT2D eigenvalue weighted by Crippen LogP contribution is 2.29. The predicted octanol–water partition coefficient (Wildman–Crippen LogP) is 1.55. The fraction of sp³-hybridized carbons (Fsp3) is 0.385. The molecule has 2 aliphatic heterocycles. The van der Waals surface area contributed by atoms with Crippen molar-refractivity contribution in [2.45, 2.75) is 19.8 Å². The average Bonchev–Trinajstić information content (AvgIpc) is 2.71. The molecule has 1 amide bonds. The summed E-state index contributed by atoms with van der Waals surface area (Å²) < 4.78 is 5.13. The Bertz CT molecular complexity index is 446. The van der Waals surface area contributed by atoms with Crippen LogP contribution in [0.3, 0.4) is 0 Å². The van der Waals surface area contributed by atoms with Crippen LogP contribution in [0, 0.1) is 0 Å². The molecule has 0 radical (unpaired) electrons. The SMILES string of the molecule is C=C(OCC)C(=O)C1=C2C=CC(=O)N2CCC1. The number of carbonyl (C=O) groups is 2. The van der Waals surface area contributed by atoms with Gasteiger partial charge in [0.25, 0.3) is 5.91 Å². The third kappa shape index (κ3) is 2.02. The van der Waals surface area contributed by atoms with Crippen molar-refractivity contribution >= 4 is 11.7 Å². The van der Waals surface area contributed by atoms with Crippen molar-refractivity contribution in [1.29, 1.82) is 0 Å². The third-order valence-electron chi connectivity index (χ3n) is 2.90. The zero-order chi connectivity index (χ0) is 12.4. The van der Waals surface area contributed by atoms with Gasteiger partial charge in [0, 0.05) is 18.2 Å². The number of rotatable bonds is 4. The smallest absolute Gasteiger partial charge is 0.251 e. The molecule has 0 fully saturated rings. The lowest BCUT2D eigenvalue weighted by Gasteiger charge is -2.26. The summed E-state index contributed by atoms with van der Waals surface area (Å²) in [7, 11) is 0. The minimum absolute atomic E-state index is 0.0491. The monoisotopic (exact) mass is 233 g/mol. The van der Waals surface area contributed by atoms with Gasteiger partial charge in [0.15, 0.2) is 5.76 Å². The topological polar surface area (TPSA) is 46.6 Å². The van der Waals surface area contributed by atoms with Crippen molar-refractivity contribution in [1.82, 2.24) is 4.90 Å². The van der Waals surface area contributed by atoms with Crippen LogP contribution in [0.15, 0.2) is 35.8 Å². The number of hydrogen-bond donors (Lipinski definition) is 0. The maximum atomic E-state index is 12.1. The van der Waals surface area contributed by atoms with E-state index in [0.717, 1.165) is 6.42 Å². The first-order valence-corrected chi connectivity index (χ1v) is 5.74. The number of ketones is 1. The van der Waals surface area contributed by atoms with Gasteiger partial charge in [-0.2, -0.15) is 0 Å².